The quantitative estimate of drug-likeness (QED) is 0.797. The molecule has 2 N–H and O–H groups in total. The molecule has 30 heavy (non-hydrogen) atoms. The van der Waals surface area contributed by atoms with Crippen LogP contribution < -0.4 is 10.6 Å². The van der Waals surface area contributed by atoms with Gasteiger partial charge >= 0.3 is 6.18 Å². The Morgan fingerprint density at radius 3 is 2.53 bits per heavy atom. The Morgan fingerprint density at radius 2 is 1.90 bits per heavy atom. The van der Waals surface area contributed by atoms with Gasteiger partial charge in [0.2, 0.25) is 5.91 Å². The van der Waals surface area contributed by atoms with Crippen molar-refractivity contribution in [1.29, 1.82) is 0 Å². The van der Waals surface area contributed by atoms with E-state index in [0.717, 1.165) is 25.6 Å². The Balaban J connectivity index is 1.88. The van der Waals surface area contributed by atoms with Crippen molar-refractivity contribution in [3.63, 3.8) is 0 Å². The maximum Gasteiger partial charge on any atom is 0.418 e. The zero-order chi connectivity index (χ0) is 21.5. The minimum Gasteiger partial charge on any atom is -0.334 e. The molecule has 0 saturated carbocycles. The van der Waals surface area contributed by atoms with E-state index in [1.807, 2.05) is 0 Å². The van der Waals surface area contributed by atoms with Crippen LogP contribution in [-0.2, 0) is 16.5 Å². The summed E-state index contributed by atoms with van der Waals surface area (Å²) in [5.74, 6) is 0.119. The van der Waals surface area contributed by atoms with E-state index in [9.17, 15) is 18.0 Å². The van der Waals surface area contributed by atoms with E-state index < -0.39 is 17.3 Å². The third-order valence-electron chi connectivity index (χ3n) is 6.41. The van der Waals surface area contributed by atoms with Gasteiger partial charge in [0, 0.05) is 38.1 Å². The summed E-state index contributed by atoms with van der Waals surface area (Å²) in [5.41, 5.74) is -0.971. The number of halogens is 3. The fraction of sp³-hybridized carbons (Fsp3) is 0.571. The van der Waals surface area contributed by atoms with Gasteiger partial charge in [0.05, 0.1) is 22.5 Å². The van der Waals surface area contributed by atoms with Crippen LogP contribution in [0.4, 0.5) is 13.2 Å². The molecular formula is C21H26F3N5O. The standard InChI is InChI=1S/C21H26F3N5O/c1-13-9-20(12-26-10-13,29(2)19(30)14-5-6-25-11-14)15-3-4-16(21(22,23)24)18-17(15)27-7-8-28-18/h3-4,7-8,13-14,25-26H,5-6,9-12H2,1-2H3/t13-,14?,20-/m0/s1. The molecule has 2 fully saturated rings. The van der Waals surface area contributed by atoms with Gasteiger partial charge < -0.3 is 15.5 Å². The molecule has 3 atom stereocenters. The second-order valence-corrected chi connectivity index (χ2v) is 8.47. The number of nitrogens with zero attached hydrogens (tertiary/aromatic N) is 3. The van der Waals surface area contributed by atoms with Gasteiger partial charge in [0.15, 0.2) is 0 Å². The second kappa shape index (κ2) is 7.77. The van der Waals surface area contributed by atoms with E-state index >= 15 is 0 Å². The highest BCUT2D eigenvalue weighted by Gasteiger charge is 2.46. The lowest BCUT2D eigenvalue weighted by atomic mass is 9.76. The molecule has 0 bridgehead atoms. The Labute approximate surface area is 173 Å². The van der Waals surface area contributed by atoms with Crippen LogP contribution in [0.2, 0.25) is 0 Å². The minimum atomic E-state index is -4.53. The molecule has 1 amide bonds. The summed E-state index contributed by atoms with van der Waals surface area (Å²) >= 11 is 0. The number of carbonyl (C=O) groups is 1. The first-order valence-corrected chi connectivity index (χ1v) is 10.2. The number of rotatable bonds is 3. The van der Waals surface area contributed by atoms with Crippen molar-refractivity contribution in [3.05, 3.63) is 35.7 Å². The van der Waals surface area contributed by atoms with Crippen molar-refractivity contribution in [2.45, 2.75) is 31.5 Å². The minimum absolute atomic E-state index is 0.00726. The topological polar surface area (TPSA) is 70.2 Å². The van der Waals surface area contributed by atoms with Crippen LogP contribution in [0.3, 0.4) is 0 Å². The number of fused-ring (bicyclic) bond motifs is 1. The number of aromatic nitrogens is 2. The van der Waals surface area contributed by atoms with Gasteiger partial charge in [-0.25, -0.2) is 0 Å². The van der Waals surface area contributed by atoms with E-state index in [4.69, 9.17) is 0 Å². The number of carbonyl (C=O) groups excluding carboxylic acids is 1. The number of nitrogens with one attached hydrogen (secondary N) is 2. The van der Waals surface area contributed by atoms with Gasteiger partial charge in [0.1, 0.15) is 5.52 Å². The van der Waals surface area contributed by atoms with E-state index in [1.54, 1.807) is 11.9 Å². The monoisotopic (exact) mass is 421 g/mol. The molecule has 0 aliphatic carbocycles. The molecule has 4 rings (SSSR count). The van der Waals surface area contributed by atoms with Crippen LogP contribution in [0.1, 0.15) is 30.9 Å². The zero-order valence-corrected chi connectivity index (χ0v) is 17.1. The highest BCUT2D eigenvalue weighted by Crippen LogP contribution is 2.42. The zero-order valence-electron chi connectivity index (χ0n) is 17.1. The molecule has 3 heterocycles. The molecule has 0 radical (unpaired) electrons. The van der Waals surface area contributed by atoms with E-state index in [-0.39, 0.29) is 28.8 Å². The van der Waals surface area contributed by atoms with E-state index in [0.29, 0.717) is 25.1 Å². The number of likely N-dealkylation sites (N-methyl/N-ethyl adjacent to an activating group) is 1. The largest absolute Gasteiger partial charge is 0.418 e. The summed E-state index contributed by atoms with van der Waals surface area (Å²) in [7, 11) is 1.76. The Kier molecular flexibility index (Phi) is 5.44. The molecule has 2 aromatic rings. The first kappa shape index (κ1) is 21.0. The molecule has 1 unspecified atom stereocenters. The molecule has 1 aromatic carbocycles. The highest BCUT2D eigenvalue weighted by atomic mass is 19.4. The summed E-state index contributed by atoms with van der Waals surface area (Å²) in [4.78, 5) is 23.4. The van der Waals surface area contributed by atoms with E-state index in [1.165, 1.54) is 18.5 Å². The van der Waals surface area contributed by atoms with Crippen LogP contribution in [0.15, 0.2) is 24.5 Å². The number of benzene rings is 1. The van der Waals surface area contributed by atoms with Gasteiger partial charge in [-0.05, 0) is 37.9 Å². The third kappa shape index (κ3) is 3.54. The molecule has 2 saturated heterocycles. The number of piperidine rings is 1. The fourth-order valence-electron chi connectivity index (χ4n) is 4.90. The number of hydrogen-bond donors (Lipinski definition) is 2. The summed E-state index contributed by atoms with van der Waals surface area (Å²) in [5, 5.41) is 6.60. The van der Waals surface area contributed by atoms with Crippen molar-refractivity contribution in [2.24, 2.45) is 11.8 Å². The molecule has 6 nitrogen and oxygen atoms in total. The summed E-state index contributed by atoms with van der Waals surface area (Å²) in [6.07, 6.45) is -0.457. The molecule has 2 aliphatic rings. The average molecular weight is 421 g/mol. The second-order valence-electron chi connectivity index (χ2n) is 8.47. The lowest BCUT2D eigenvalue weighted by Gasteiger charge is -2.48. The molecule has 1 aromatic heterocycles. The van der Waals surface area contributed by atoms with Gasteiger partial charge in [-0.1, -0.05) is 13.0 Å². The van der Waals surface area contributed by atoms with Crippen LogP contribution >= 0.6 is 0 Å². The van der Waals surface area contributed by atoms with Crippen LogP contribution in [0.5, 0.6) is 0 Å². The Hall–Kier alpha value is -2.26. The first-order valence-electron chi connectivity index (χ1n) is 10.2. The van der Waals surface area contributed by atoms with Crippen LogP contribution in [0, 0.1) is 11.8 Å². The average Bonchev–Trinajstić information content (AvgIpc) is 3.26. The number of alkyl halides is 3. The van der Waals surface area contributed by atoms with Crippen molar-refractivity contribution < 1.29 is 18.0 Å². The maximum absolute atomic E-state index is 13.6. The lowest BCUT2D eigenvalue weighted by Crippen LogP contribution is -2.59. The molecule has 9 heteroatoms. The molecule has 0 spiro atoms. The normalized spacial score (nSPS) is 27.4. The third-order valence-corrected chi connectivity index (χ3v) is 6.41. The highest BCUT2D eigenvalue weighted by molar-refractivity contribution is 5.85. The van der Waals surface area contributed by atoms with E-state index in [2.05, 4.69) is 27.5 Å². The smallest absolute Gasteiger partial charge is 0.334 e. The van der Waals surface area contributed by atoms with Crippen molar-refractivity contribution in [3.8, 4) is 0 Å². The molecular weight excluding hydrogens is 395 g/mol. The Morgan fingerprint density at radius 1 is 1.17 bits per heavy atom. The van der Waals surface area contributed by atoms with Crippen molar-refractivity contribution in [1.82, 2.24) is 25.5 Å². The summed E-state index contributed by atoms with van der Waals surface area (Å²) < 4.78 is 40.8. The number of amides is 1. The van der Waals surface area contributed by atoms with Gasteiger partial charge in [-0.2, -0.15) is 13.2 Å². The van der Waals surface area contributed by atoms with Gasteiger partial charge in [-0.15, -0.1) is 0 Å². The van der Waals surface area contributed by atoms with Gasteiger partial charge in [0.25, 0.3) is 0 Å². The van der Waals surface area contributed by atoms with Crippen LogP contribution in [0.25, 0.3) is 11.0 Å². The maximum atomic E-state index is 13.6. The summed E-state index contributed by atoms with van der Waals surface area (Å²) in [6.45, 7) is 4.74. The molecule has 162 valence electrons. The van der Waals surface area contributed by atoms with Crippen LogP contribution in [-0.4, -0.2) is 54.0 Å². The Bertz CT molecular complexity index is 944. The van der Waals surface area contributed by atoms with Crippen molar-refractivity contribution >= 4 is 16.9 Å². The first-order chi connectivity index (χ1) is 14.2. The predicted octanol–water partition coefficient (Wildman–Crippen LogP) is 2.54. The predicted molar refractivity (Wildman–Crippen MR) is 107 cm³/mol. The molecule has 2 aliphatic heterocycles. The number of hydrogen-bond acceptors (Lipinski definition) is 5. The lowest BCUT2D eigenvalue weighted by molar-refractivity contribution is -0.141. The SMILES string of the molecule is C[C@@H]1CNC[C@@](c2ccc(C(F)(F)F)c3nccnc23)(N(C)C(=O)C2CCNC2)C1. The fourth-order valence-corrected chi connectivity index (χ4v) is 4.90. The summed E-state index contributed by atoms with van der Waals surface area (Å²) in [6, 6.07) is 2.55. The van der Waals surface area contributed by atoms with Crippen molar-refractivity contribution in [2.75, 3.05) is 33.2 Å². The van der Waals surface area contributed by atoms with Gasteiger partial charge in [-0.3, -0.25) is 14.8 Å².